The van der Waals surface area contributed by atoms with Gasteiger partial charge in [-0.1, -0.05) is 60.7 Å². The molecule has 0 saturated heterocycles. The quantitative estimate of drug-likeness (QED) is 0.450. The number of nitrogens with two attached hydrogens (primary N) is 1. The van der Waals surface area contributed by atoms with E-state index in [-0.39, 0.29) is 12.1 Å². The van der Waals surface area contributed by atoms with Gasteiger partial charge in [0, 0.05) is 23.1 Å². The van der Waals surface area contributed by atoms with Crippen molar-refractivity contribution in [3.63, 3.8) is 0 Å². The molecule has 3 aromatic rings. The van der Waals surface area contributed by atoms with Crippen molar-refractivity contribution in [3.05, 3.63) is 112 Å². The summed E-state index contributed by atoms with van der Waals surface area (Å²) in [5.74, 6) is 0. The van der Waals surface area contributed by atoms with Crippen molar-refractivity contribution in [2.45, 2.75) is 45.7 Å². The Kier molecular flexibility index (Phi) is 5.91. The lowest BCUT2D eigenvalue weighted by atomic mass is 9.93. The second-order valence-corrected chi connectivity index (χ2v) is 8.33. The van der Waals surface area contributed by atoms with Gasteiger partial charge in [0.1, 0.15) is 0 Å². The summed E-state index contributed by atoms with van der Waals surface area (Å²) in [5, 5.41) is 7.37. The van der Waals surface area contributed by atoms with Crippen molar-refractivity contribution >= 4 is 5.69 Å². The molecule has 1 aliphatic carbocycles. The molecule has 0 aliphatic heterocycles. The van der Waals surface area contributed by atoms with Gasteiger partial charge in [-0.25, -0.2) is 0 Å². The van der Waals surface area contributed by atoms with Crippen LogP contribution in [0.3, 0.4) is 0 Å². The highest BCUT2D eigenvalue weighted by atomic mass is 15.0. The zero-order valence-electron chi connectivity index (χ0n) is 18.1. The molecule has 3 nitrogen and oxygen atoms in total. The van der Waals surface area contributed by atoms with Gasteiger partial charge in [-0.2, -0.15) is 0 Å². The number of rotatable bonds is 7. The lowest BCUT2D eigenvalue weighted by Crippen LogP contribution is -2.26. The molecule has 0 saturated carbocycles. The predicted molar refractivity (Wildman–Crippen MR) is 126 cm³/mol. The van der Waals surface area contributed by atoms with Crippen LogP contribution < -0.4 is 16.4 Å². The van der Waals surface area contributed by atoms with Crippen LogP contribution in [0.2, 0.25) is 0 Å². The minimum atomic E-state index is 0.0916. The molecule has 3 heteroatoms. The molecule has 1 aliphatic rings. The molecule has 30 heavy (non-hydrogen) atoms. The summed E-state index contributed by atoms with van der Waals surface area (Å²) >= 11 is 0. The Morgan fingerprint density at radius 3 is 2.17 bits per heavy atom. The molecular weight excluding hydrogens is 366 g/mol. The van der Waals surface area contributed by atoms with Crippen molar-refractivity contribution in [2.24, 2.45) is 5.73 Å². The molecule has 0 fully saturated rings. The minimum Gasteiger partial charge on any atom is -0.401 e. The standard InChI is InChI=1S/C27H31N3/c1-18-12-13-23(16-19(18)2)27(29-20(3)21-8-5-4-6-9-21)22-10-7-11-24(17-22)30-26-15-14-25(26)28/h4-13,16-17,20,27,29-30H,14-15,28H2,1-3H3/t20-,27?/m0/s1. The number of aryl methyl sites for hydroxylation is 2. The average Bonchev–Trinajstić information content (AvgIpc) is 2.77. The van der Waals surface area contributed by atoms with Crippen LogP contribution in [0.5, 0.6) is 0 Å². The molecule has 0 amide bonds. The fraction of sp³-hybridized carbons (Fsp3) is 0.259. The molecule has 0 heterocycles. The monoisotopic (exact) mass is 397 g/mol. The van der Waals surface area contributed by atoms with Crippen molar-refractivity contribution in [3.8, 4) is 0 Å². The van der Waals surface area contributed by atoms with E-state index in [1.807, 2.05) is 0 Å². The smallest absolute Gasteiger partial charge is 0.0582 e. The first-order valence-corrected chi connectivity index (χ1v) is 10.7. The zero-order chi connectivity index (χ0) is 21.1. The van der Waals surface area contributed by atoms with E-state index in [0.29, 0.717) is 0 Å². The van der Waals surface area contributed by atoms with E-state index in [0.717, 1.165) is 29.9 Å². The summed E-state index contributed by atoms with van der Waals surface area (Å²) in [6, 6.07) is 26.4. The van der Waals surface area contributed by atoms with Gasteiger partial charge >= 0.3 is 0 Å². The first kappa shape index (κ1) is 20.2. The van der Waals surface area contributed by atoms with Crippen LogP contribution in [0.15, 0.2) is 84.2 Å². The Hall–Kier alpha value is -3.04. The van der Waals surface area contributed by atoms with Crippen LogP contribution in [0, 0.1) is 13.8 Å². The van der Waals surface area contributed by atoms with E-state index in [1.165, 1.54) is 27.8 Å². The summed E-state index contributed by atoms with van der Waals surface area (Å²) in [7, 11) is 0. The van der Waals surface area contributed by atoms with E-state index in [9.17, 15) is 0 Å². The Bertz CT molecular complexity index is 1050. The summed E-state index contributed by atoms with van der Waals surface area (Å²) in [4.78, 5) is 0. The van der Waals surface area contributed by atoms with Crippen molar-refractivity contribution in [1.82, 2.24) is 5.32 Å². The van der Waals surface area contributed by atoms with Crippen LogP contribution in [0.25, 0.3) is 0 Å². The summed E-state index contributed by atoms with van der Waals surface area (Å²) in [5.41, 5.74) is 15.7. The van der Waals surface area contributed by atoms with Gasteiger partial charge in [0.2, 0.25) is 0 Å². The molecule has 0 aromatic heterocycles. The van der Waals surface area contributed by atoms with Gasteiger partial charge in [0.15, 0.2) is 0 Å². The number of allylic oxidation sites excluding steroid dienone is 2. The van der Waals surface area contributed by atoms with Crippen LogP contribution in [0.1, 0.15) is 59.7 Å². The molecule has 1 unspecified atom stereocenters. The molecule has 154 valence electrons. The van der Waals surface area contributed by atoms with Crippen molar-refractivity contribution < 1.29 is 0 Å². The number of benzene rings is 3. The van der Waals surface area contributed by atoms with Gasteiger partial charge in [-0.05, 0) is 73.6 Å². The number of nitrogens with one attached hydrogen (secondary N) is 2. The third-order valence-electron chi connectivity index (χ3n) is 6.13. The first-order valence-electron chi connectivity index (χ1n) is 10.7. The third kappa shape index (κ3) is 4.42. The first-order chi connectivity index (χ1) is 14.5. The average molecular weight is 398 g/mol. The van der Waals surface area contributed by atoms with Gasteiger partial charge in [0.05, 0.1) is 6.04 Å². The summed E-state index contributed by atoms with van der Waals surface area (Å²) in [6.07, 6.45) is 2.02. The van der Waals surface area contributed by atoms with Gasteiger partial charge in [0.25, 0.3) is 0 Å². The number of hydrogen-bond acceptors (Lipinski definition) is 3. The Labute approximate surface area is 180 Å². The Morgan fingerprint density at radius 1 is 0.767 bits per heavy atom. The Balaban J connectivity index is 1.68. The van der Waals surface area contributed by atoms with Crippen LogP contribution in [-0.4, -0.2) is 0 Å². The molecule has 4 N–H and O–H groups in total. The van der Waals surface area contributed by atoms with Gasteiger partial charge in [-0.15, -0.1) is 0 Å². The van der Waals surface area contributed by atoms with Crippen molar-refractivity contribution in [2.75, 3.05) is 5.32 Å². The maximum atomic E-state index is 6.03. The summed E-state index contributed by atoms with van der Waals surface area (Å²) < 4.78 is 0. The topological polar surface area (TPSA) is 50.1 Å². The normalized spacial score (nSPS) is 15.4. The Morgan fingerprint density at radius 2 is 1.50 bits per heavy atom. The number of anilines is 1. The van der Waals surface area contributed by atoms with Crippen LogP contribution in [0.4, 0.5) is 5.69 Å². The lowest BCUT2D eigenvalue weighted by Gasteiger charge is -2.27. The zero-order valence-corrected chi connectivity index (χ0v) is 18.1. The van der Waals surface area contributed by atoms with E-state index in [2.05, 4.69) is 104 Å². The number of hydrogen-bond donors (Lipinski definition) is 3. The molecule has 3 aromatic carbocycles. The molecule has 0 radical (unpaired) electrons. The van der Waals surface area contributed by atoms with E-state index in [4.69, 9.17) is 5.73 Å². The molecule has 4 rings (SSSR count). The third-order valence-corrected chi connectivity index (χ3v) is 6.13. The lowest BCUT2D eigenvalue weighted by molar-refractivity contribution is 0.516. The maximum Gasteiger partial charge on any atom is 0.0582 e. The highest BCUT2D eigenvalue weighted by Gasteiger charge is 2.19. The predicted octanol–water partition coefficient (Wildman–Crippen LogP) is 6.12. The van der Waals surface area contributed by atoms with Crippen LogP contribution in [-0.2, 0) is 0 Å². The second kappa shape index (κ2) is 8.76. The fourth-order valence-electron chi connectivity index (χ4n) is 3.92. The molecule has 2 atom stereocenters. The largest absolute Gasteiger partial charge is 0.401 e. The van der Waals surface area contributed by atoms with E-state index >= 15 is 0 Å². The summed E-state index contributed by atoms with van der Waals surface area (Å²) in [6.45, 7) is 6.57. The van der Waals surface area contributed by atoms with E-state index in [1.54, 1.807) is 0 Å². The van der Waals surface area contributed by atoms with Gasteiger partial charge < -0.3 is 11.1 Å². The van der Waals surface area contributed by atoms with Crippen LogP contribution >= 0.6 is 0 Å². The van der Waals surface area contributed by atoms with Crippen molar-refractivity contribution in [1.29, 1.82) is 0 Å². The highest BCUT2D eigenvalue weighted by molar-refractivity contribution is 5.54. The highest BCUT2D eigenvalue weighted by Crippen LogP contribution is 2.31. The molecule has 0 bridgehead atoms. The molecular formula is C27H31N3. The maximum absolute atomic E-state index is 6.03. The fourth-order valence-corrected chi connectivity index (χ4v) is 3.92. The van der Waals surface area contributed by atoms with E-state index < -0.39 is 0 Å². The molecule has 0 spiro atoms. The minimum absolute atomic E-state index is 0.0916. The van der Waals surface area contributed by atoms with Gasteiger partial charge in [-0.3, -0.25) is 5.32 Å². The second-order valence-electron chi connectivity index (χ2n) is 8.33. The SMILES string of the molecule is Cc1ccc(C(N[C@@H](C)c2ccccc2)c2cccc(NC3=C(N)CC3)c2)cc1C.